The molecule has 0 spiro atoms. The monoisotopic (exact) mass is 478 g/mol. The van der Waals surface area contributed by atoms with E-state index in [1.165, 1.54) is 22.3 Å². The topological polar surface area (TPSA) is 57.7 Å². The molecule has 2 heterocycles. The van der Waals surface area contributed by atoms with Gasteiger partial charge in [0, 0.05) is 37.1 Å². The van der Waals surface area contributed by atoms with Crippen molar-refractivity contribution in [1.82, 2.24) is 9.21 Å². The Morgan fingerprint density at radius 3 is 2.40 bits per heavy atom. The highest BCUT2D eigenvalue weighted by atomic mass is 35.5. The van der Waals surface area contributed by atoms with Gasteiger partial charge in [-0.3, -0.25) is 4.79 Å². The van der Waals surface area contributed by atoms with E-state index in [-0.39, 0.29) is 32.1 Å². The van der Waals surface area contributed by atoms with Crippen molar-refractivity contribution in [2.24, 2.45) is 0 Å². The fraction of sp³-hybridized carbons (Fsp3) is 0.316. The SMILES string of the molecule is Cc1ccsc1/C=C/C(=O)N1CCN(S(=O)(=O)c2ccc(Cl)c(C(F)(F)F)c2)CC1. The van der Waals surface area contributed by atoms with E-state index < -0.39 is 31.7 Å². The molecule has 0 bridgehead atoms. The van der Waals surface area contributed by atoms with E-state index in [1.807, 2.05) is 18.4 Å². The van der Waals surface area contributed by atoms with E-state index in [1.54, 1.807) is 6.08 Å². The number of piperazine rings is 1. The Morgan fingerprint density at radius 2 is 1.83 bits per heavy atom. The fourth-order valence-corrected chi connectivity index (χ4v) is 5.48. The molecule has 1 aromatic carbocycles. The third-order valence-corrected chi connectivity index (χ3v) is 7.92. The van der Waals surface area contributed by atoms with E-state index in [0.717, 1.165) is 26.9 Å². The summed E-state index contributed by atoms with van der Waals surface area (Å²) < 4.78 is 65.8. The molecule has 1 aliphatic heterocycles. The van der Waals surface area contributed by atoms with Crippen molar-refractivity contribution in [3.63, 3.8) is 0 Å². The summed E-state index contributed by atoms with van der Waals surface area (Å²) in [6.07, 6.45) is -1.60. The van der Waals surface area contributed by atoms with Gasteiger partial charge in [-0.25, -0.2) is 8.42 Å². The number of hydrogen-bond acceptors (Lipinski definition) is 4. The number of aryl methyl sites for hydroxylation is 1. The Kier molecular flexibility index (Phi) is 6.61. The lowest BCUT2D eigenvalue weighted by Gasteiger charge is -2.33. The van der Waals surface area contributed by atoms with Crippen LogP contribution in [0.4, 0.5) is 13.2 Å². The van der Waals surface area contributed by atoms with Gasteiger partial charge in [0.2, 0.25) is 15.9 Å². The number of thiophene rings is 1. The lowest BCUT2D eigenvalue weighted by Crippen LogP contribution is -2.50. The molecule has 0 N–H and O–H groups in total. The van der Waals surface area contributed by atoms with Crippen LogP contribution in [-0.4, -0.2) is 49.7 Å². The Hall–Kier alpha value is -1.88. The van der Waals surface area contributed by atoms with Gasteiger partial charge in [-0.2, -0.15) is 17.5 Å². The number of carbonyl (C=O) groups is 1. The van der Waals surface area contributed by atoms with Gasteiger partial charge in [0.25, 0.3) is 0 Å². The van der Waals surface area contributed by atoms with Gasteiger partial charge in [-0.1, -0.05) is 11.6 Å². The molecule has 0 unspecified atom stereocenters. The minimum Gasteiger partial charge on any atom is -0.337 e. The third-order valence-electron chi connectivity index (χ3n) is 4.71. The number of sulfonamides is 1. The van der Waals surface area contributed by atoms with Gasteiger partial charge >= 0.3 is 6.18 Å². The van der Waals surface area contributed by atoms with Crippen LogP contribution >= 0.6 is 22.9 Å². The fourth-order valence-electron chi connectivity index (χ4n) is 2.99. The molecular weight excluding hydrogens is 461 g/mol. The van der Waals surface area contributed by atoms with Gasteiger partial charge in [-0.05, 0) is 48.2 Å². The molecule has 0 atom stereocenters. The van der Waals surface area contributed by atoms with Crippen LogP contribution in [0.25, 0.3) is 6.08 Å². The van der Waals surface area contributed by atoms with Crippen LogP contribution in [0.1, 0.15) is 16.0 Å². The van der Waals surface area contributed by atoms with Crippen LogP contribution in [0.2, 0.25) is 5.02 Å². The number of carbonyl (C=O) groups excluding carboxylic acids is 1. The lowest BCUT2D eigenvalue weighted by molar-refractivity contribution is -0.137. The summed E-state index contributed by atoms with van der Waals surface area (Å²) >= 11 is 7.08. The van der Waals surface area contributed by atoms with E-state index in [4.69, 9.17) is 11.6 Å². The first-order valence-electron chi connectivity index (χ1n) is 8.88. The average molecular weight is 479 g/mol. The maximum absolute atomic E-state index is 13.1. The summed E-state index contributed by atoms with van der Waals surface area (Å²) in [5, 5.41) is 1.36. The minimum absolute atomic E-state index is 0.01000. The molecule has 0 radical (unpaired) electrons. The number of hydrogen-bond donors (Lipinski definition) is 0. The number of halogens is 4. The van der Waals surface area contributed by atoms with Crippen molar-refractivity contribution >= 4 is 44.9 Å². The maximum Gasteiger partial charge on any atom is 0.417 e. The molecule has 2 aromatic rings. The Balaban J connectivity index is 1.69. The molecule has 1 aromatic heterocycles. The molecule has 1 fully saturated rings. The normalized spacial score (nSPS) is 16.4. The molecule has 30 heavy (non-hydrogen) atoms. The highest BCUT2D eigenvalue weighted by molar-refractivity contribution is 7.89. The molecule has 5 nitrogen and oxygen atoms in total. The van der Waals surface area contributed by atoms with E-state index >= 15 is 0 Å². The van der Waals surface area contributed by atoms with Crippen LogP contribution in [0.15, 0.2) is 40.6 Å². The van der Waals surface area contributed by atoms with Crippen molar-refractivity contribution in [2.75, 3.05) is 26.2 Å². The van der Waals surface area contributed by atoms with Gasteiger partial charge in [-0.15, -0.1) is 11.3 Å². The van der Waals surface area contributed by atoms with Crippen molar-refractivity contribution in [3.05, 3.63) is 56.7 Å². The van der Waals surface area contributed by atoms with Crippen LogP contribution in [-0.2, 0) is 21.0 Å². The molecule has 3 rings (SSSR count). The first-order chi connectivity index (χ1) is 14.0. The molecule has 1 aliphatic rings. The van der Waals surface area contributed by atoms with Crippen LogP contribution in [0, 0.1) is 6.92 Å². The second-order valence-electron chi connectivity index (χ2n) is 6.67. The summed E-state index contributed by atoms with van der Waals surface area (Å²) in [5.41, 5.74) is -0.144. The molecule has 162 valence electrons. The predicted molar refractivity (Wildman–Crippen MR) is 110 cm³/mol. The summed E-state index contributed by atoms with van der Waals surface area (Å²) in [5.74, 6) is -0.245. The smallest absolute Gasteiger partial charge is 0.337 e. The Labute approximate surface area is 181 Å². The van der Waals surface area contributed by atoms with Crippen LogP contribution in [0.5, 0.6) is 0 Å². The number of rotatable bonds is 4. The van der Waals surface area contributed by atoms with Gasteiger partial charge in [0.15, 0.2) is 0 Å². The summed E-state index contributed by atoms with van der Waals surface area (Å²) in [6.45, 7) is 2.20. The maximum atomic E-state index is 13.1. The minimum atomic E-state index is -4.76. The average Bonchev–Trinajstić information content (AvgIpc) is 3.10. The molecule has 0 aliphatic carbocycles. The summed E-state index contributed by atoms with van der Waals surface area (Å²) in [4.78, 5) is 14.4. The first kappa shape index (κ1) is 22.8. The van der Waals surface area contributed by atoms with Gasteiger partial charge < -0.3 is 4.90 Å². The number of amides is 1. The zero-order valence-electron chi connectivity index (χ0n) is 15.8. The zero-order chi connectivity index (χ0) is 22.1. The van der Waals surface area contributed by atoms with Crippen molar-refractivity contribution in [3.8, 4) is 0 Å². The molecule has 0 saturated carbocycles. The highest BCUT2D eigenvalue weighted by Gasteiger charge is 2.36. The third kappa shape index (κ3) is 4.88. The van der Waals surface area contributed by atoms with Crippen LogP contribution < -0.4 is 0 Å². The van der Waals surface area contributed by atoms with E-state index in [2.05, 4.69) is 0 Å². The molecule has 1 saturated heterocycles. The van der Waals surface area contributed by atoms with Crippen LogP contribution in [0.3, 0.4) is 0 Å². The highest BCUT2D eigenvalue weighted by Crippen LogP contribution is 2.36. The quantitative estimate of drug-likeness (QED) is 0.616. The first-order valence-corrected chi connectivity index (χ1v) is 11.6. The van der Waals surface area contributed by atoms with Crippen molar-refractivity contribution < 1.29 is 26.4 Å². The number of nitrogens with zero attached hydrogens (tertiary/aromatic N) is 2. The second-order valence-corrected chi connectivity index (χ2v) is 9.96. The Morgan fingerprint density at radius 1 is 1.17 bits per heavy atom. The second kappa shape index (κ2) is 8.70. The van der Waals surface area contributed by atoms with Crippen molar-refractivity contribution in [2.45, 2.75) is 18.0 Å². The van der Waals surface area contributed by atoms with Gasteiger partial charge in [0.1, 0.15) is 0 Å². The predicted octanol–water partition coefficient (Wildman–Crippen LogP) is 4.28. The van der Waals surface area contributed by atoms with E-state index in [0.29, 0.717) is 6.07 Å². The molecular formula is C19H18ClF3N2O3S2. The zero-order valence-corrected chi connectivity index (χ0v) is 18.2. The summed E-state index contributed by atoms with van der Waals surface area (Å²) in [6, 6.07) is 4.46. The Bertz CT molecular complexity index is 1070. The molecule has 1 amide bonds. The lowest BCUT2D eigenvalue weighted by atomic mass is 10.2. The van der Waals surface area contributed by atoms with Crippen molar-refractivity contribution in [1.29, 1.82) is 0 Å². The number of alkyl halides is 3. The largest absolute Gasteiger partial charge is 0.417 e. The standard InChI is InChI=1S/C19H18ClF3N2O3S2/c1-13-6-11-29-17(13)4-5-18(26)24-7-9-25(10-8-24)30(27,28)14-2-3-16(20)15(12-14)19(21,22)23/h2-6,11-12H,7-10H2,1H3/b5-4+. The number of benzene rings is 1. The molecule has 11 heteroatoms. The summed E-state index contributed by atoms with van der Waals surface area (Å²) in [7, 11) is -4.14. The van der Waals surface area contributed by atoms with Gasteiger partial charge in [0.05, 0.1) is 15.5 Å². The van der Waals surface area contributed by atoms with E-state index in [9.17, 15) is 26.4 Å².